The van der Waals surface area contributed by atoms with Crippen molar-refractivity contribution in [3.05, 3.63) is 101 Å². The van der Waals surface area contributed by atoms with Crippen molar-refractivity contribution >= 4 is 40.6 Å². The summed E-state index contributed by atoms with van der Waals surface area (Å²) in [5, 5.41) is 6.66. The number of thiocarbonyl (C=S) groups is 1. The van der Waals surface area contributed by atoms with Gasteiger partial charge in [-0.2, -0.15) is 0 Å². The second kappa shape index (κ2) is 10.4. The number of nitrogens with zero attached hydrogens (tertiary/aromatic N) is 1. The first-order valence-electron chi connectivity index (χ1n) is 10.9. The number of rotatable bonds is 6. The number of ether oxygens (including phenoxy) is 2. The van der Waals surface area contributed by atoms with E-state index in [0.717, 1.165) is 5.69 Å². The normalized spacial score (nSPS) is 15.3. The summed E-state index contributed by atoms with van der Waals surface area (Å²) in [5.74, 6) is -0.136. The van der Waals surface area contributed by atoms with Crippen molar-refractivity contribution in [2.24, 2.45) is 0 Å². The molecule has 0 aliphatic carbocycles. The van der Waals surface area contributed by atoms with E-state index >= 15 is 0 Å². The molecule has 1 amide bonds. The molecule has 0 fully saturated rings. The molecule has 3 aromatic rings. The van der Waals surface area contributed by atoms with Crippen molar-refractivity contribution in [2.75, 3.05) is 24.4 Å². The van der Waals surface area contributed by atoms with Crippen LogP contribution in [-0.2, 0) is 9.53 Å². The van der Waals surface area contributed by atoms with Crippen LogP contribution in [0.1, 0.15) is 28.9 Å². The lowest BCUT2D eigenvalue weighted by Crippen LogP contribution is -2.48. The van der Waals surface area contributed by atoms with Gasteiger partial charge in [0.15, 0.2) is 5.11 Å². The fourth-order valence-corrected chi connectivity index (χ4v) is 4.44. The molecule has 178 valence electrons. The minimum absolute atomic E-state index is 0.326. The molecule has 0 saturated carbocycles. The summed E-state index contributed by atoms with van der Waals surface area (Å²) in [6.07, 6.45) is 0. The van der Waals surface area contributed by atoms with Gasteiger partial charge in [0.05, 0.1) is 31.4 Å². The highest BCUT2D eigenvalue weighted by atomic mass is 32.1. The minimum atomic E-state index is -0.670. The lowest BCUT2D eigenvalue weighted by Gasteiger charge is -2.38. The predicted molar refractivity (Wildman–Crippen MR) is 140 cm³/mol. The first kappa shape index (κ1) is 24.0. The number of allylic oxidation sites excluding steroid dienone is 1. The highest BCUT2D eigenvalue weighted by Gasteiger charge is 2.36. The zero-order chi connectivity index (χ0) is 24.9. The molecule has 8 heteroatoms. The Bertz CT molecular complexity index is 1290. The van der Waals surface area contributed by atoms with Gasteiger partial charge in [-0.25, -0.2) is 4.79 Å². The van der Waals surface area contributed by atoms with Crippen LogP contribution in [0.15, 0.2) is 90.1 Å². The molecule has 1 unspecified atom stereocenters. The Morgan fingerprint density at radius 3 is 2.26 bits per heavy atom. The lowest BCUT2D eigenvalue weighted by atomic mass is 9.90. The van der Waals surface area contributed by atoms with Gasteiger partial charge in [-0.15, -0.1) is 0 Å². The van der Waals surface area contributed by atoms with Crippen molar-refractivity contribution in [3.8, 4) is 5.75 Å². The Morgan fingerprint density at radius 2 is 1.60 bits per heavy atom. The van der Waals surface area contributed by atoms with Gasteiger partial charge in [0.1, 0.15) is 5.75 Å². The molecule has 0 bridgehead atoms. The maximum absolute atomic E-state index is 13.7. The van der Waals surface area contributed by atoms with Gasteiger partial charge in [0, 0.05) is 17.1 Å². The summed E-state index contributed by atoms with van der Waals surface area (Å²) >= 11 is 5.72. The third-order valence-corrected chi connectivity index (χ3v) is 6.07. The molecule has 35 heavy (non-hydrogen) atoms. The molecule has 0 radical (unpaired) electrons. The van der Waals surface area contributed by atoms with Crippen LogP contribution < -0.4 is 20.3 Å². The molecule has 2 N–H and O–H groups in total. The number of hydrogen-bond acceptors (Lipinski definition) is 5. The molecule has 0 saturated heterocycles. The third kappa shape index (κ3) is 4.88. The van der Waals surface area contributed by atoms with E-state index < -0.39 is 12.0 Å². The fraction of sp³-hybridized carbons (Fsp3) is 0.148. The molecule has 1 aliphatic heterocycles. The van der Waals surface area contributed by atoms with Crippen molar-refractivity contribution in [3.63, 3.8) is 0 Å². The Kier molecular flexibility index (Phi) is 7.12. The van der Waals surface area contributed by atoms with E-state index in [4.69, 9.17) is 21.7 Å². The molecular formula is C27H25N3O4S. The molecule has 3 aromatic carbocycles. The SMILES string of the molecule is COC(=O)c1ccccc1C1NC(=S)N(c2ccccc2)C(C)=C1C(=O)Nc1ccc(OC)cc1. The Labute approximate surface area is 209 Å². The molecule has 1 heterocycles. The number of hydrogen-bond donors (Lipinski definition) is 2. The van der Waals surface area contributed by atoms with Crippen LogP contribution in [0.4, 0.5) is 11.4 Å². The van der Waals surface area contributed by atoms with Crippen LogP contribution >= 0.6 is 12.2 Å². The quantitative estimate of drug-likeness (QED) is 0.381. The molecule has 0 spiro atoms. The number of para-hydroxylation sites is 1. The lowest BCUT2D eigenvalue weighted by molar-refractivity contribution is -0.113. The maximum atomic E-state index is 13.7. The molecule has 1 atom stereocenters. The third-order valence-electron chi connectivity index (χ3n) is 5.77. The summed E-state index contributed by atoms with van der Waals surface area (Å²) in [6.45, 7) is 1.84. The van der Waals surface area contributed by atoms with E-state index in [2.05, 4.69) is 10.6 Å². The van der Waals surface area contributed by atoms with Crippen molar-refractivity contribution < 1.29 is 19.1 Å². The van der Waals surface area contributed by atoms with E-state index in [-0.39, 0.29) is 5.91 Å². The predicted octanol–water partition coefficient (Wildman–Crippen LogP) is 4.83. The summed E-state index contributed by atoms with van der Waals surface area (Å²) < 4.78 is 10.2. The molecule has 1 aliphatic rings. The number of amides is 1. The van der Waals surface area contributed by atoms with Crippen LogP contribution in [0, 0.1) is 0 Å². The number of carbonyl (C=O) groups is 2. The molecular weight excluding hydrogens is 462 g/mol. The number of nitrogens with one attached hydrogen (secondary N) is 2. The zero-order valence-corrected chi connectivity index (χ0v) is 20.4. The first-order chi connectivity index (χ1) is 16.9. The van der Waals surface area contributed by atoms with E-state index in [9.17, 15) is 9.59 Å². The van der Waals surface area contributed by atoms with Gasteiger partial charge in [0.25, 0.3) is 5.91 Å². The van der Waals surface area contributed by atoms with Crippen LogP contribution in [0.2, 0.25) is 0 Å². The summed E-state index contributed by atoms with van der Waals surface area (Å²) in [5.41, 5.74) is 3.44. The van der Waals surface area contributed by atoms with E-state index in [1.165, 1.54) is 7.11 Å². The van der Waals surface area contributed by atoms with E-state index in [1.807, 2.05) is 48.2 Å². The van der Waals surface area contributed by atoms with E-state index in [1.54, 1.807) is 49.6 Å². The average Bonchev–Trinajstić information content (AvgIpc) is 2.89. The van der Waals surface area contributed by atoms with Gasteiger partial charge in [-0.1, -0.05) is 36.4 Å². The second-order valence-electron chi connectivity index (χ2n) is 7.81. The van der Waals surface area contributed by atoms with Gasteiger partial charge in [0.2, 0.25) is 0 Å². The average molecular weight is 488 g/mol. The second-order valence-corrected chi connectivity index (χ2v) is 8.20. The molecule has 7 nitrogen and oxygen atoms in total. The zero-order valence-electron chi connectivity index (χ0n) is 19.6. The van der Waals surface area contributed by atoms with Gasteiger partial charge >= 0.3 is 5.97 Å². The summed E-state index contributed by atoms with van der Waals surface area (Å²) in [7, 11) is 2.91. The van der Waals surface area contributed by atoms with Gasteiger partial charge in [-0.05, 0) is 67.2 Å². The number of carbonyl (C=O) groups excluding carboxylic acids is 2. The highest BCUT2D eigenvalue weighted by molar-refractivity contribution is 7.80. The fourth-order valence-electron chi connectivity index (χ4n) is 4.08. The van der Waals surface area contributed by atoms with Gasteiger partial charge < -0.3 is 20.1 Å². The Morgan fingerprint density at radius 1 is 0.943 bits per heavy atom. The number of benzene rings is 3. The van der Waals surface area contributed by atoms with Crippen LogP contribution in [0.3, 0.4) is 0 Å². The number of methoxy groups -OCH3 is 2. The molecule has 4 rings (SSSR count). The Hall–Kier alpha value is -4.17. The summed E-state index contributed by atoms with van der Waals surface area (Å²) in [6, 6.07) is 23.0. The van der Waals surface area contributed by atoms with E-state index in [0.29, 0.717) is 38.9 Å². The summed E-state index contributed by atoms with van der Waals surface area (Å²) in [4.78, 5) is 28.1. The van der Waals surface area contributed by atoms with Crippen molar-refractivity contribution in [1.82, 2.24) is 5.32 Å². The minimum Gasteiger partial charge on any atom is -0.497 e. The van der Waals surface area contributed by atoms with Crippen LogP contribution in [0.25, 0.3) is 0 Å². The highest BCUT2D eigenvalue weighted by Crippen LogP contribution is 2.35. The monoisotopic (exact) mass is 487 g/mol. The first-order valence-corrected chi connectivity index (χ1v) is 11.3. The largest absolute Gasteiger partial charge is 0.497 e. The number of esters is 1. The smallest absolute Gasteiger partial charge is 0.338 e. The topological polar surface area (TPSA) is 79.9 Å². The molecule has 0 aromatic heterocycles. The standard InChI is InChI=1S/C27H25N3O4S/c1-17-23(25(31)28-18-13-15-20(33-2)16-14-18)24(21-11-7-8-12-22(21)26(32)34-3)29-27(35)30(17)19-9-5-4-6-10-19/h4-16,24H,1-3H3,(H,28,31)(H,29,35). The maximum Gasteiger partial charge on any atom is 0.338 e. The number of anilines is 2. The Balaban J connectivity index is 1.83. The van der Waals surface area contributed by atoms with Crippen molar-refractivity contribution in [2.45, 2.75) is 13.0 Å². The van der Waals surface area contributed by atoms with Crippen LogP contribution in [0.5, 0.6) is 5.75 Å². The van der Waals surface area contributed by atoms with Crippen molar-refractivity contribution in [1.29, 1.82) is 0 Å². The van der Waals surface area contributed by atoms with Crippen LogP contribution in [-0.4, -0.2) is 31.2 Å². The van der Waals surface area contributed by atoms with Gasteiger partial charge in [-0.3, -0.25) is 9.69 Å².